The van der Waals surface area contributed by atoms with E-state index in [1.807, 2.05) is 0 Å². The molecule has 0 spiro atoms. The van der Waals surface area contributed by atoms with E-state index < -0.39 is 34.8 Å². The molecule has 0 saturated carbocycles. The number of para-hydroxylation sites is 1. The molecule has 3 rings (SSSR count). The average molecular weight is 371 g/mol. The van der Waals surface area contributed by atoms with Crippen LogP contribution in [0.4, 0.5) is 8.78 Å². The topological polar surface area (TPSA) is 90.3 Å². The number of hydrogen-bond acceptors (Lipinski definition) is 5. The Labute approximate surface area is 142 Å². The first-order chi connectivity index (χ1) is 11.9. The van der Waals surface area contributed by atoms with Crippen molar-refractivity contribution in [2.45, 2.75) is 24.0 Å². The number of halogens is 2. The lowest BCUT2D eigenvalue weighted by atomic mass is 10.3. The third-order valence-electron chi connectivity index (χ3n) is 3.63. The van der Waals surface area contributed by atoms with Crippen molar-refractivity contribution in [1.29, 1.82) is 0 Å². The molecular weight excluding hydrogens is 356 g/mol. The fraction of sp³-hybridized carbons (Fsp3) is 0.333. The number of nitrogens with one attached hydrogen (secondary N) is 1. The van der Waals surface area contributed by atoms with Crippen molar-refractivity contribution in [3.8, 4) is 5.75 Å². The Morgan fingerprint density at radius 3 is 2.88 bits per heavy atom. The highest BCUT2D eigenvalue weighted by atomic mass is 32.2. The maximum Gasteiger partial charge on any atom is 0.269 e. The summed E-state index contributed by atoms with van der Waals surface area (Å²) >= 11 is 0. The second-order valence-electron chi connectivity index (χ2n) is 5.47. The Balaban J connectivity index is 1.67. The number of ether oxygens (including phenoxy) is 1. The van der Waals surface area contributed by atoms with Gasteiger partial charge in [0.2, 0.25) is 0 Å². The van der Waals surface area contributed by atoms with Gasteiger partial charge in [-0.15, -0.1) is 0 Å². The van der Waals surface area contributed by atoms with E-state index in [0.717, 1.165) is 4.68 Å². The third kappa shape index (κ3) is 3.78. The van der Waals surface area contributed by atoms with Crippen molar-refractivity contribution in [3.63, 3.8) is 0 Å². The number of rotatable bonds is 5. The molecule has 0 radical (unpaired) electrons. The van der Waals surface area contributed by atoms with Crippen LogP contribution in [0.5, 0.6) is 5.75 Å². The molecule has 1 aromatic carbocycles. The quantitative estimate of drug-likeness (QED) is 0.850. The molecule has 1 unspecified atom stereocenters. The van der Waals surface area contributed by atoms with Crippen LogP contribution in [0.25, 0.3) is 0 Å². The van der Waals surface area contributed by atoms with Crippen LogP contribution >= 0.6 is 0 Å². The van der Waals surface area contributed by atoms with Gasteiger partial charge in [-0.2, -0.15) is 5.10 Å². The van der Waals surface area contributed by atoms with Gasteiger partial charge in [0.15, 0.2) is 9.84 Å². The number of alkyl halides is 2. The summed E-state index contributed by atoms with van der Waals surface area (Å²) < 4.78 is 55.9. The minimum absolute atomic E-state index is 0.0284. The summed E-state index contributed by atoms with van der Waals surface area (Å²) in [6.07, 6.45) is -2.17. The first-order valence-corrected chi connectivity index (χ1v) is 9.08. The molecular formula is C15H15F2N3O4S. The van der Waals surface area contributed by atoms with Crippen LogP contribution in [0.1, 0.15) is 10.5 Å². The molecule has 7 nitrogen and oxygen atoms in total. The molecule has 1 aliphatic heterocycles. The van der Waals surface area contributed by atoms with Crippen LogP contribution in [0, 0.1) is 0 Å². The van der Waals surface area contributed by atoms with E-state index in [-0.39, 0.29) is 28.6 Å². The molecule has 1 aliphatic rings. The van der Waals surface area contributed by atoms with Gasteiger partial charge in [0.05, 0.1) is 12.3 Å². The second kappa shape index (κ2) is 6.79. The largest absolute Gasteiger partial charge is 0.486 e. The van der Waals surface area contributed by atoms with Gasteiger partial charge in [-0.3, -0.25) is 9.48 Å². The fourth-order valence-corrected chi connectivity index (χ4v) is 4.12. The first-order valence-electron chi connectivity index (χ1n) is 7.43. The van der Waals surface area contributed by atoms with Gasteiger partial charge in [0.25, 0.3) is 12.3 Å². The lowest BCUT2D eigenvalue weighted by molar-refractivity contribution is 0.0901. The molecule has 134 valence electrons. The predicted molar refractivity (Wildman–Crippen MR) is 83.5 cm³/mol. The van der Waals surface area contributed by atoms with E-state index in [0.29, 0.717) is 0 Å². The third-order valence-corrected chi connectivity index (χ3v) is 5.45. The summed E-state index contributed by atoms with van der Waals surface area (Å²) in [6, 6.07) is 7.57. The number of hydrogen-bond donors (Lipinski definition) is 1. The highest BCUT2D eigenvalue weighted by Gasteiger charge is 2.31. The van der Waals surface area contributed by atoms with E-state index in [1.165, 1.54) is 18.3 Å². The molecule has 1 amide bonds. The van der Waals surface area contributed by atoms with Gasteiger partial charge in [-0.05, 0) is 18.2 Å². The van der Waals surface area contributed by atoms with Crippen LogP contribution in [-0.4, -0.2) is 48.9 Å². The average Bonchev–Trinajstić information content (AvgIpc) is 2.99. The standard InChI is InChI=1S/C15H15F2N3O4S/c16-14(17)8-20-11(5-6-19-20)15(21)18-7-10-9-25(22,23)13-4-2-1-3-12(13)24-10/h1-6,10,14H,7-9H2,(H,18,21). The lowest BCUT2D eigenvalue weighted by Gasteiger charge is -2.26. The lowest BCUT2D eigenvalue weighted by Crippen LogP contribution is -2.42. The minimum Gasteiger partial charge on any atom is -0.486 e. The second-order valence-corrected chi connectivity index (χ2v) is 7.47. The Bertz CT molecular complexity index is 882. The first kappa shape index (κ1) is 17.3. The Hall–Kier alpha value is -2.49. The zero-order valence-electron chi connectivity index (χ0n) is 12.9. The van der Waals surface area contributed by atoms with Crippen molar-refractivity contribution in [1.82, 2.24) is 15.1 Å². The fourth-order valence-electron chi connectivity index (χ4n) is 2.55. The summed E-state index contributed by atoms with van der Waals surface area (Å²) in [4.78, 5) is 12.3. The Morgan fingerprint density at radius 1 is 1.36 bits per heavy atom. The SMILES string of the molecule is O=C(NCC1CS(=O)(=O)c2ccccc2O1)c1ccnn1CC(F)F. The number of fused-ring (bicyclic) bond motifs is 1. The molecule has 0 fully saturated rings. The van der Waals surface area contributed by atoms with Gasteiger partial charge < -0.3 is 10.1 Å². The number of carbonyl (C=O) groups is 1. The summed E-state index contributed by atoms with van der Waals surface area (Å²) in [5, 5.41) is 6.18. The highest BCUT2D eigenvalue weighted by Crippen LogP contribution is 2.30. The highest BCUT2D eigenvalue weighted by molar-refractivity contribution is 7.91. The van der Waals surface area contributed by atoms with Crippen LogP contribution in [0.15, 0.2) is 41.4 Å². The Kier molecular flexibility index (Phi) is 4.71. The number of carbonyl (C=O) groups excluding carboxylic acids is 1. The molecule has 0 aliphatic carbocycles. The van der Waals surface area contributed by atoms with Gasteiger partial charge >= 0.3 is 0 Å². The predicted octanol–water partition coefficient (Wildman–Crippen LogP) is 1.11. The number of amides is 1. The van der Waals surface area contributed by atoms with Gasteiger partial charge in [0.1, 0.15) is 29.0 Å². The van der Waals surface area contributed by atoms with Crippen molar-refractivity contribution >= 4 is 15.7 Å². The van der Waals surface area contributed by atoms with Crippen molar-refractivity contribution in [2.75, 3.05) is 12.3 Å². The molecule has 1 aromatic heterocycles. The van der Waals surface area contributed by atoms with E-state index in [1.54, 1.807) is 18.2 Å². The van der Waals surface area contributed by atoms with Gasteiger partial charge in [-0.1, -0.05) is 12.1 Å². The van der Waals surface area contributed by atoms with E-state index in [4.69, 9.17) is 4.74 Å². The summed E-state index contributed by atoms with van der Waals surface area (Å²) in [7, 11) is -3.51. The molecule has 2 heterocycles. The zero-order chi connectivity index (χ0) is 18.0. The smallest absolute Gasteiger partial charge is 0.269 e. The zero-order valence-corrected chi connectivity index (χ0v) is 13.7. The molecule has 2 aromatic rings. The van der Waals surface area contributed by atoms with Crippen LogP contribution < -0.4 is 10.1 Å². The van der Waals surface area contributed by atoms with Crippen LogP contribution in [0.3, 0.4) is 0 Å². The Morgan fingerprint density at radius 2 is 2.12 bits per heavy atom. The van der Waals surface area contributed by atoms with Crippen molar-refractivity contribution in [2.24, 2.45) is 0 Å². The van der Waals surface area contributed by atoms with Gasteiger partial charge in [0, 0.05) is 6.20 Å². The molecule has 1 N–H and O–H groups in total. The number of sulfone groups is 1. The van der Waals surface area contributed by atoms with Crippen molar-refractivity contribution < 1.29 is 26.7 Å². The summed E-state index contributed by atoms with van der Waals surface area (Å²) in [5.41, 5.74) is -0.0284. The number of nitrogens with zero attached hydrogens (tertiary/aromatic N) is 2. The monoisotopic (exact) mass is 371 g/mol. The van der Waals surface area contributed by atoms with E-state index in [9.17, 15) is 22.0 Å². The summed E-state index contributed by atoms with van der Waals surface area (Å²) in [5.74, 6) is -0.672. The molecule has 1 atom stereocenters. The maximum absolute atomic E-state index is 12.5. The van der Waals surface area contributed by atoms with Crippen LogP contribution in [0.2, 0.25) is 0 Å². The van der Waals surface area contributed by atoms with Crippen molar-refractivity contribution in [3.05, 3.63) is 42.2 Å². The summed E-state index contributed by atoms with van der Waals surface area (Å²) in [6.45, 7) is -0.774. The van der Waals surface area contributed by atoms with E-state index >= 15 is 0 Å². The molecule has 0 bridgehead atoms. The van der Waals surface area contributed by atoms with Crippen LogP contribution in [-0.2, 0) is 16.4 Å². The molecule has 25 heavy (non-hydrogen) atoms. The number of aromatic nitrogens is 2. The minimum atomic E-state index is -3.51. The molecule has 0 saturated heterocycles. The molecule has 10 heteroatoms. The number of benzene rings is 1. The van der Waals surface area contributed by atoms with Gasteiger partial charge in [-0.25, -0.2) is 17.2 Å². The van der Waals surface area contributed by atoms with E-state index in [2.05, 4.69) is 10.4 Å². The normalized spacial score (nSPS) is 18.4. The maximum atomic E-state index is 12.5.